The maximum absolute atomic E-state index is 12.9. The Hall–Kier alpha value is -3.79. The highest BCUT2D eigenvalue weighted by molar-refractivity contribution is 6.09. The lowest BCUT2D eigenvalue weighted by Gasteiger charge is -2.14. The average Bonchev–Trinajstić information content (AvgIpc) is 2.68. The Kier molecular flexibility index (Phi) is 5.08. The number of anilines is 1. The molecule has 0 unspecified atom stereocenters. The largest absolute Gasteiger partial charge is 0.506 e. The highest BCUT2D eigenvalue weighted by Gasteiger charge is 2.22. The molecule has 0 bridgehead atoms. The Balaban J connectivity index is 2.08. The Morgan fingerprint density at radius 3 is 2.59 bits per heavy atom. The third kappa shape index (κ3) is 3.46. The predicted molar refractivity (Wildman–Crippen MR) is 101 cm³/mol. The van der Waals surface area contributed by atoms with E-state index >= 15 is 0 Å². The van der Waals surface area contributed by atoms with E-state index in [1.807, 2.05) is 6.07 Å². The second-order valence-corrected chi connectivity index (χ2v) is 5.79. The number of carbonyl (C=O) groups excluding carboxylic acids is 1. The quantitative estimate of drug-likeness (QED) is 0.725. The molecule has 0 aliphatic carbocycles. The predicted octanol–water partition coefficient (Wildman–Crippen LogP) is 2.88. The number of para-hydroxylation sites is 1. The van der Waals surface area contributed by atoms with Gasteiger partial charge in [-0.3, -0.25) is 9.59 Å². The van der Waals surface area contributed by atoms with Crippen LogP contribution in [0.4, 0.5) is 5.69 Å². The average molecular weight is 363 g/mol. The molecule has 27 heavy (non-hydrogen) atoms. The van der Waals surface area contributed by atoms with Crippen LogP contribution in [-0.2, 0) is 6.54 Å². The van der Waals surface area contributed by atoms with Gasteiger partial charge in [-0.15, -0.1) is 0 Å². The SMILES string of the molecule is COc1ccc(NC(=O)c2c(O)c3ccccc3n(CCC#N)c2=O)cc1. The molecule has 3 rings (SSSR count). The van der Waals surface area contributed by atoms with Crippen LogP contribution >= 0.6 is 0 Å². The van der Waals surface area contributed by atoms with Crippen LogP contribution in [0.3, 0.4) is 0 Å². The van der Waals surface area contributed by atoms with Gasteiger partial charge in [-0.2, -0.15) is 5.26 Å². The van der Waals surface area contributed by atoms with Crippen LogP contribution in [0, 0.1) is 11.3 Å². The van der Waals surface area contributed by atoms with Crippen molar-refractivity contribution in [3.63, 3.8) is 0 Å². The fraction of sp³-hybridized carbons (Fsp3) is 0.150. The fourth-order valence-corrected chi connectivity index (χ4v) is 2.85. The zero-order valence-corrected chi connectivity index (χ0v) is 14.6. The van der Waals surface area contributed by atoms with Crippen molar-refractivity contribution >= 4 is 22.5 Å². The third-order valence-electron chi connectivity index (χ3n) is 4.17. The normalized spacial score (nSPS) is 10.4. The van der Waals surface area contributed by atoms with E-state index in [9.17, 15) is 14.7 Å². The Labute approximate surface area is 155 Å². The maximum atomic E-state index is 12.9. The summed E-state index contributed by atoms with van der Waals surface area (Å²) in [4.78, 5) is 25.6. The molecule has 7 nitrogen and oxygen atoms in total. The fourth-order valence-electron chi connectivity index (χ4n) is 2.85. The summed E-state index contributed by atoms with van der Waals surface area (Å²) in [6, 6.07) is 15.3. The molecule has 0 saturated carbocycles. The first-order chi connectivity index (χ1) is 13.1. The van der Waals surface area contributed by atoms with Crippen molar-refractivity contribution in [2.45, 2.75) is 13.0 Å². The van der Waals surface area contributed by atoms with Crippen LogP contribution in [-0.4, -0.2) is 22.7 Å². The summed E-state index contributed by atoms with van der Waals surface area (Å²) >= 11 is 0. The van der Waals surface area contributed by atoms with Gasteiger partial charge >= 0.3 is 0 Å². The van der Waals surface area contributed by atoms with Crippen molar-refractivity contribution < 1.29 is 14.6 Å². The van der Waals surface area contributed by atoms with Crippen molar-refractivity contribution in [3.05, 3.63) is 64.4 Å². The van der Waals surface area contributed by atoms with Crippen LogP contribution in [0.2, 0.25) is 0 Å². The minimum Gasteiger partial charge on any atom is -0.506 e. The Morgan fingerprint density at radius 2 is 1.93 bits per heavy atom. The molecular formula is C20H17N3O4. The number of pyridine rings is 1. The highest BCUT2D eigenvalue weighted by atomic mass is 16.5. The summed E-state index contributed by atoms with van der Waals surface area (Å²) in [5.41, 5.74) is -0.0810. The van der Waals surface area contributed by atoms with Crippen molar-refractivity contribution in [2.75, 3.05) is 12.4 Å². The van der Waals surface area contributed by atoms with Crippen LogP contribution < -0.4 is 15.6 Å². The van der Waals surface area contributed by atoms with Crippen LogP contribution in [0.15, 0.2) is 53.3 Å². The molecule has 0 saturated heterocycles. The minimum atomic E-state index is -0.723. The van der Waals surface area contributed by atoms with Gasteiger partial charge in [0.1, 0.15) is 17.1 Å². The molecule has 0 radical (unpaired) electrons. The number of ether oxygens (including phenoxy) is 1. The molecule has 0 aliphatic rings. The molecule has 7 heteroatoms. The summed E-state index contributed by atoms with van der Waals surface area (Å²) < 4.78 is 6.40. The summed E-state index contributed by atoms with van der Waals surface area (Å²) in [5, 5.41) is 22.4. The lowest BCUT2D eigenvalue weighted by molar-refractivity contribution is 0.102. The third-order valence-corrected chi connectivity index (χ3v) is 4.17. The molecule has 1 amide bonds. The molecule has 0 atom stereocenters. The van der Waals surface area contributed by atoms with Gasteiger partial charge in [0.2, 0.25) is 0 Å². The number of hydrogen-bond acceptors (Lipinski definition) is 5. The molecule has 1 aromatic heterocycles. The molecule has 2 aromatic carbocycles. The maximum Gasteiger partial charge on any atom is 0.267 e. The summed E-state index contributed by atoms with van der Waals surface area (Å²) in [7, 11) is 1.53. The monoisotopic (exact) mass is 363 g/mol. The van der Waals surface area contributed by atoms with Crippen molar-refractivity contribution in [3.8, 4) is 17.6 Å². The smallest absolute Gasteiger partial charge is 0.267 e. The standard InChI is InChI=1S/C20H17N3O4/c1-27-14-9-7-13(8-10-14)22-19(25)17-18(24)15-5-2-3-6-16(15)23(20(17)26)12-4-11-21/h2-3,5-10,24H,4,12H2,1H3,(H,22,25). The molecule has 0 spiro atoms. The van der Waals surface area contributed by atoms with Gasteiger partial charge in [-0.05, 0) is 36.4 Å². The van der Waals surface area contributed by atoms with Gasteiger partial charge in [0.05, 0.1) is 25.1 Å². The van der Waals surface area contributed by atoms with E-state index in [0.717, 1.165) is 0 Å². The number of carbonyl (C=O) groups is 1. The molecular weight excluding hydrogens is 346 g/mol. The number of aryl methyl sites for hydroxylation is 1. The number of methoxy groups -OCH3 is 1. The zero-order chi connectivity index (χ0) is 19.4. The second-order valence-electron chi connectivity index (χ2n) is 5.79. The number of nitrogens with one attached hydrogen (secondary N) is 1. The minimum absolute atomic E-state index is 0.105. The summed E-state index contributed by atoms with van der Waals surface area (Å²) in [5.74, 6) is -0.477. The number of rotatable bonds is 5. The Morgan fingerprint density at radius 1 is 1.22 bits per heavy atom. The number of aromatic nitrogens is 1. The number of benzene rings is 2. The molecule has 0 fully saturated rings. The number of hydrogen-bond donors (Lipinski definition) is 2. The van der Waals surface area contributed by atoms with Gasteiger partial charge in [0.25, 0.3) is 11.5 Å². The number of nitrogens with zero attached hydrogens (tertiary/aromatic N) is 2. The van der Waals surface area contributed by atoms with Crippen molar-refractivity contribution in [2.24, 2.45) is 0 Å². The topological polar surface area (TPSA) is 104 Å². The molecule has 1 heterocycles. The summed E-state index contributed by atoms with van der Waals surface area (Å²) in [6.45, 7) is 0.124. The number of amides is 1. The Bertz CT molecular complexity index is 1100. The van der Waals surface area contributed by atoms with Crippen molar-refractivity contribution in [1.29, 1.82) is 5.26 Å². The van der Waals surface area contributed by atoms with E-state index in [-0.39, 0.29) is 24.3 Å². The summed E-state index contributed by atoms with van der Waals surface area (Å²) in [6.07, 6.45) is 0.105. The van der Waals surface area contributed by atoms with E-state index in [2.05, 4.69) is 5.32 Å². The number of nitriles is 1. The van der Waals surface area contributed by atoms with Gasteiger partial charge in [0.15, 0.2) is 0 Å². The molecule has 3 aromatic rings. The van der Waals surface area contributed by atoms with E-state index < -0.39 is 11.5 Å². The van der Waals surface area contributed by atoms with Crippen LogP contribution in [0.1, 0.15) is 16.8 Å². The van der Waals surface area contributed by atoms with Crippen LogP contribution in [0.5, 0.6) is 11.5 Å². The zero-order valence-electron chi connectivity index (χ0n) is 14.6. The van der Waals surface area contributed by atoms with Crippen molar-refractivity contribution in [1.82, 2.24) is 4.57 Å². The van der Waals surface area contributed by atoms with E-state index in [1.165, 1.54) is 11.7 Å². The lowest BCUT2D eigenvalue weighted by atomic mass is 10.1. The number of aromatic hydroxyl groups is 1. The van der Waals surface area contributed by atoms with Gasteiger partial charge in [-0.1, -0.05) is 12.1 Å². The van der Waals surface area contributed by atoms with Crippen LogP contribution in [0.25, 0.3) is 10.9 Å². The van der Waals surface area contributed by atoms with Gasteiger partial charge < -0.3 is 19.7 Å². The van der Waals surface area contributed by atoms with E-state index in [0.29, 0.717) is 22.3 Å². The second kappa shape index (κ2) is 7.62. The van der Waals surface area contributed by atoms with Gasteiger partial charge in [0, 0.05) is 17.6 Å². The first-order valence-electron chi connectivity index (χ1n) is 8.23. The highest BCUT2D eigenvalue weighted by Crippen LogP contribution is 2.27. The first-order valence-corrected chi connectivity index (χ1v) is 8.23. The molecule has 2 N–H and O–H groups in total. The molecule has 136 valence electrons. The van der Waals surface area contributed by atoms with E-state index in [4.69, 9.17) is 10.00 Å². The lowest BCUT2D eigenvalue weighted by Crippen LogP contribution is -2.29. The molecule has 0 aliphatic heterocycles. The van der Waals surface area contributed by atoms with E-state index in [1.54, 1.807) is 48.5 Å². The van der Waals surface area contributed by atoms with Gasteiger partial charge in [-0.25, -0.2) is 0 Å². The first kappa shape index (κ1) is 18.0. The number of fused-ring (bicyclic) bond motifs is 1.